The summed E-state index contributed by atoms with van der Waals surface area (Å²) < 4.78 is 2.92. The van der Waals surface area contributed by atoms with Crippen molar-refractivity contribution in [2.24, 2.45) is 0 Å². The number of thioether (sulfide) groups is 1. The van der Waals surface area contributed by atoms with E-state index in [0.717, 1.165) is 5.25 Å². The summed E-state index contributed by atoms with van der Waals surface area (Å²) in [6.45, 7) is 0. The van der Waals surface area contributed by atoms with Crippen LogP contribution < -0.4 is 0 Å². The Morgan fingerprint density at radius 2 is 2.50 bits per heavy atom. The van der Waals surface area contributed by atoms with Gasteiger partial charge in [-0.05, 0) is 0 Å². The third-order valence-corrected chi connectivity index (χ3v) is 11.0. The van der Waals surface area contributed by atoms with E-state index in [0.29, 0.717) is 0 Å². The van der Waals surface area contributed by atoms with Crippen LogP contribution in [0.25, 0.3) is 0 Å². The third kappa shape index (κ3) is 0.801. The van der Waals surface area contributed by atoms with E-state index in [1.807, 2.05) is 0 Å². The summed E-state index contributed by atoms with van der Waals surface area (Å²) in [5.41, 5.74) is 0. The van der Waals surface area contributed by atoms with E-state index in [4.69, 9.17) is 0 Å². The van der Waals surface area contributed by atoms with Gasteiger partial charge in [0.2, 0.25) is 0 Å². The molecule has 0 nitrogen and oxygen atoms in total. The molecule has 48 valence electrons. The fraction of sp³-hybridized carbons (Fsp3) is 1.00. The van der Waals surface area contributed by atoms with Gasteiger partial charge in [-0.2, -0.15) is 0 Å². The Labute approximate surface area is 62.2 Å². The van der Waals surface area contributed by atoms with E-state index < -0.39 is 0 Å². The average Bonchev–Trinajstić information content (AvgIpc) is 2.23. The van der Waals surface area contributed by atoms with Gasteiger partial charge in [-0.3, -0.25) is 0 Å². The van der Waals surface area contributed by atoms with Crippen molar-refractivity contribution in [3.63, 3.8) is 0 Å². The van der Waals surface area contributed by atoms with Gasteiger partial charge in [-0.1, -0.05) is 0 Å². The second-order valence-corrected chi connectivity index (χ2v) is 10.2. The van der Waals surface area contributed by atoms with E-state index in [9.17, 15) is 0 Å². The van der Waals surface area contributed by atoms with Gasteiger partial charge in [-0.25, -0.2) is 0 Å². The van der Waals surface area contributed by atoms with Crippen LogP contribution in [-0.4, -0.2) is 24.3 Å². The van der Waals surface area contributed by atoms with Crippen molar-refractivity contribution in [2.75, 3.05) is 15.1 Å². The van der Waals surface area contributed by atoms with Crippen LogP contribution in [0.5, 0.6) is 0 Å². The molecule has 8 heavy (non-hydrogen) atoms. The van der Waals surface area contributed by atoms with Gasteiger partial charge in [0, 0.05) is 0 Å². The van der Waals surface area contributed by atoms with Crippen molar-refractivity contribution in [2.45, 2.75) is 15.6 Å². The van der Waals surface area contributed by atoms with Gasteiger partial charge in [0.25, 0.3) is 0 Å². The molecule has 2 aliphatic rings. The normalized spacial score (nSPS) is 48.4. The Balaban J connectivity index is 2.11. The molecule has 2 bridgehead atoms. The van der Waals surface area contributed by atoms with Crippen molar-refractivity contribution in [3.8, 4) is 0 Å². The van der Waals surface area contributed by atoms with Crippen LogP contribution in [0.1, 0.15) is 6.42 Å². The Bertz CT molecular complexity index is 103. The summed E-state index contributed by atoms with van der Waals surface area (Å²) in [4.78, 5) is 2.56. The summed E-state index contributed by atoms with van der Waals surface area (Å²) in [6.07, 6.45) is 1.60. The fourth-order valence-electron chi connectivity index (χ4n) is 1.43. The van der Waals surface area contributed by atoms with Crippen LogP contribution in [-0.2, 0) is 0 Å². The molecule has 2 heterocycles. The summed E-state index contributed by atoms with van der Waals surface area (Å²) in [5.74, 6) is 1.53. The first-order chi connectivity index (χ1) is 3.86. The van der Waals surface area contributed by atoms with Crippen molar-refractivity contribution in [3.05, 3.63) is 0 Å². The van der Waals surface area contributed by atoms with Gasteiger partial charge in [0.15, 0.2) is 0 Å². The van der Waals surface area contributed by atoms with Crippen LogP contribution >= 0.6 is 31.6 Å². The third-order valence-electron chi connectivity index (χ3n) is 1.97. The molecule has 2 fully saturated rings. The molecule has 0 radical (unpaired) electrons. The maximum absolute atomic E-state index is 2.56. The first kappa shape index (κ1) is 5.83. The van der Waals surface area contributed by atoms with Crippen molar-refractivity contribution in [1.29, 1.82) is 0 Å². The first-order valence-corrected chi connectivity index (χ1v) is 9.00. The molecule has 0 aromatic carbocycles. The molecule has 2 rings (SSSR count). The molecule has 0 N–H and O–H groups in total. The van der Waals surface area contributed by atoms with Crippen molar-refractivity contribution >= 4 is 31.6 Å². The van der Waals surface area contributed by atoms with E-state index in [1.54, 1.807) is 10.8 Å². The number of hydrogen-bond donors (Lipinski definition) is 0. The Morgan fingerprint density at radius 1 is 1.62 bits per heavy atom. The average molecular weight is 242 g/mol. The van der Waals surface area contributed by atoms with Gasteiger partial charge in [0.05, 0.1) is 0 Å². The van der Waals surface area contributed by atoms with Crippen LogP contribution in [0.15, 0.2) is 0 Å². The number of alkyl halides is 3. The predicted molar refractivity (Wildman–Crippen MR) is 49.5 cm³/mol. The van der Waals surface area contributed by atoms with E-state index in [2.05, 4.69) is 16.7 Å². The molecule has 0 aromatic rings. The molecule has 0 unspecified atom stereocenters. The van der Waals surface area contributed by atoms with E-state index in [-0.39, 0.29) is 19.8 Å². The molecular formula is C6H11IS. The standard InChI is InChI=1S/C6H11IS/c1-7-3-6-2-5(7)4-8-6/h5-6H,2-4H2,1H3/t5-,6-/m0/s1. The summed E-state index contributed by atoms with van der Waals surface area (Å²) in [6, 6.07) is 0. The van der Waals surface area contributed by atoms with Gasteiger partial charge in [0.1, 0.15) is 0 Å². The SMILES string of the molecule is CI1C[C@@H]2C[C@H]1CS2. The molecular weight excluding hydrogens is 231 g/mol. The zero-order valence-electron chi connectivity index (χ0n) is 5.06. The van der Waals surface area contributed by atoms with Gasteiger partial charge >= 0.3 is 62.3 Å². The second-order valence-electron chi connectivity index (χ2n) is 2.58. The first-order valence-electron chi connectivity index (χ1n) is 3.02. The molecule has 2 saturated heterocycles. The topological polar surface area (TPSA) is 0 Å². The molecule has 0 aromatic heterocycles. The van der Waals surface area contributed by atoms with Crippen LogP contribution in [0.2, 0.25) is 0 Å². The van der Waals surface area contributed by atoms with E-state index >= 15 is 0 Å². The monoisotopic (exact) mass is 242 g/mol. The summed E-state index contributed by atoms with van der Waals surface area (Å²) in [7, 11) is 0. The quantitative estimate of drug-likeness (QED) is 0.462. The maximum atomic E-state index is 2.56. The molecule has 2 atom stereocenters. The van der Waals surface area contributed by atoms with Crippen LogP contribution in [0.4, 0.5) is 0 Å². The fourth-order valence-corrected chi connectivity index (χ4v) is 11.7. The molecule has 0 amide bonds. The molecule has 0 aliphatic carbocycles. The zero-order chi connectivity index (χ0) is 5.56. The summed E-state index contributed by atoms with van der Waals surface area (Å²) >= 11 is 1.95. The number of rotatable bonds is 0. The molecule has 0 saturated carbocycles. The Kier molecular flexibility index (Phi) is 1.49. The van der Waals surface area contributed by atoms with Gasteiger partial charge in [-0.15, -0.1) is 0 Å². The minimum absolute atomic E-state index is 0.288. The zero-order valence-corrected chi connectivity index (χ0v) is 8.04. The van der Waals surface area contributed by atoms with Crippen molar-refractivity contribution < 1.29 is 0 Å². The van der Waals surface area contributed by atoms with E-state index in [1.165, 1.54) is 9.68 Å². The number of halogens is 1. The number of hydrogen-bond acceptors (Lipinski definition) is 1. The molecule has 0 spiro atoms. The molecule has 2 aliphatic heterocycles. The van der Waals surface area contributed by atoms with Crippen molar-refractivity contribution in [1.82, 2.24) is 0 Å². The Morgan fingerprint density at radius 3 is 2.75 bits per heavy atom. The number of fused-ring (bicyclic) bond motifs is 2. The molecule has 2 heteroatoms. The van der Waals surface area contributed by atoms with Gasteiger partial charge < -0.3 is 0 Å². The second kappa shape index (κ2) is 2.04. The van der Waals surface area contributed by atoms with Crippen LogP contribution in [0.3, 0.4) is 0 Å². The Hall–Kier alpha value is 1.08. The van der Waals surface area contributed by atoms with Crippen LogP contribution in [0, 0.1) is 0 Å². The predicted octanol–water partition coefficient (Wildman–Crippen LogP) is 2.01. The summed E-state index contributed by atoms with van der Waals surface area (Å²) in [5, 5.41) is 1.13. The minimum atomic E-state index is -0.288.